The molecule has 2 rings (SSSR count). The Morgan fingerprint density at radius 1 is 1.19 bits per heavy atom. The fourth-order valence-corrected chi connectivity index (χ4v) is 2.62. The van der Waals surface area contributed by atoms with Crippen LogP contribution >= 0.6 is 0 Å². The molecule has 0 aliphatic heterocycles. The maximum absolute atomic E-state index is 12.6. The molecule has 1 aromatic carbocycles. The van der Waals surface area contributed by atoms with Gasteiger partial charge in [0.15, 0.2) is 0 Å². The highest BCUT2D eigenvalue weighted by atomic mass is 16.6. The van der Waals surface area contributed by atoms with Gasteiger partial charge in [-0.15, -0.1) is 0 Å². The molecule has 6 heteroatoms. The average Bonchev–Trinajstić information content (AvgIpc) is 3.40. The predicted octanol–water partition coefficient (Wildman–Crippen LogP) is 3.49. The van der Waals surface area contributed by atoms with Crippen molar-refractivity contribution in [3.63, 3.8) is 0 Å². The molecule has 1 aliphatic rings. The second-order valence-corrected chi connectivity index (χ2v) is 7.63. The lowest BCUT2D eigenvalue weighted by atomic mass is 10.2. The number of methoxy groups -OCH3 is 1. The molecule has 2 amide bonds. The zero-order valence-electron chi connectivity index (χ0n) is 16.2. The van der Waals surface area contributed by atoms with Crippen LogP contribution in [0.15, 0.2) is 24.3 Å². The number of hydrogen-bond donors (Lipinski definition) is 1. The van der Waals surface area contributed by atoms with Gasteiger partial charge >= 0.3 is 6.09 Å². The van der Waals surface area contributed by atoms with Gasteiger partial charge in [-0.1, -0.05) is 12.1 Å². The number of alkyl carbamates (subject to hydrolysis) is 1. The molecule has 0 radical (unpaired) electrons. The Morgan fingerprint density at radius 3 is 2.38 bits per heavy atom. The van der Waals surface area contributed by atoms with E-state index in [1.807, 2.05) is 49.9 Å². The molecule has 0 aromatic heterocycles. The topological polar surface area (TPSA) is 67.9 Å². The van der Waals surface area contributed by atoms with Crippen LogP contribution < -0.4 is 10.1 Å². The van der Waals surface area contributed by atoms with Crippen molar-refractivity contribution in [2.24, 2.45) is 0 Å². The summed E-state index contributed by atoms with van der Waals surface area (Å²) in [6, 6.07) is 8.16. The molecular formula is C20H30N2O4. The highest BCUT2D eigenvalue weighted by molar-refractivity contribution is 5.77. The normalized spacial score (nSPS) is 13.8. The summed E-state index contributed by atoms with van der Waals surface area (Å²) in [5, 5.41) is 2.69. The van der Waals surface area contributed by atoms with E-state index in [1.165, 1.54) is 0 Å². The van der Waals surface area contributed by atoms with Crippen LogP contribution in [0.3, 0.4) is 0 Å². The minimum absolute atomic E-state index is 0.134. The van der Waals surface area contributed by atoms with Crippen molar-refractivity contribution in [3.05, 3.63) is 29.8 Å². The summed E-state index contributed by atoms with van der Waals surface area (Å²) in [6.07, 6.45) is 2.71. The molecule has 0 unspecified atom stereocenters. The summed E-state index contributed by atoms with van der Waals surface area (Å²) < 4.78 is 10.4. The molecule has 1 aliphatic carbocycles. The predicted molar refractivity (Wildman–Crippen MR) is 100 cm³/mol. The van der Waals surface area contributed by atoms with E-state index in [-0.39, 0.29) is 5.91 Å². The first-order valence-electron chi connectivity index (χ1n) is 9.18. The van der Waals surface area contributed by atoms with Gasteiger partial charge in [0.05, 0.1) is 7.11 Å². The fraction of sp³-hybridized carbons (Fsp3) is 0.600. The van der Waals surface area contributed by atoms with E-state index < -0.39 is 11.7 Å². The fourth-order valence-electron chi connectivity index (χ4n) is 2.62. The Balaban J connectivity index is 1.77. The first-order chi connectivity index (χ1) is 12.3. The van der Waals surface area contributed by atoms with Crippen LogP contribution in [0, 0.1) is 0 Å². The smallest absolute Gasteiger partial charge is 0.407 e. The van der Waals surface area contributed by atoms with Gasteiger partial charge < -0.3 is 19.7 Å². The number of nitrogens with one attached hydrogen (secondary N) is 1. The number of ether oxygens (including phenoxy) is 2. The maximum Gasteiger partial charge on any atom is 0.407 e. The van der Waals surface area contributed by atoms with E-state index >= 15 is 0 Å². The highest BCUT2D eigenvalue weighted by Crippen LogP contribution is 2.29. The monoisotopic (exact) mass is 362 g/mol. The number of nitrogens with zero attached hydrogens (tertiary/aromatic N) is 1. The minimum atomic E-state index is -0.513. The summed E-state index contributed by atoms with van der Waals surface area (Å²) in [4.78, 5) is 26.1. The van der Waals surface area contributed by atoms with Crippen LogP contribution in [-0.4, -0.2) is 42.2 Å². The van der Waals surface area contributed by atoms with Crippen LogP contribution in [0.25, 0.3) is 0 Å². The van der Waals surface area contributed by atoms with Crippen molar-refractivity contribution in [3.8, 4) is 5.75 Å². The third kappa shape index (κ3) is 6.94. The van der Waals surface area contributed by atoms with E-state index in [1.54, 1.807) is 7.11 Å². The summed E-state index contributed by atoms with van der Waals surface area (Å²) in [5.41, 5.74) is 0.582. The Kier molecular flexibility index (Phi) is 6.89. The van der Waals surface area contributed by atoms with Crippen LogP contribution in [0.1, 0.15) is 52.0 Å². The Labute approximate surface area is 155 Å². The molecule has 1 aromatic rings. The lowest BCUT2D eigenvalue weighted by molar-refractivity contribution is -0.132. The van der Waals surface area contributed by atoms with Gasteiger partial charge in [-0.2, -0.15) is 0 Å². The van der Waals surface area contributed by atoms with Gasteiger partial charge in [0.2, 0.25) is 5.91 Å². The standard InChI is InChI=1S/C20H30N2O4/c1-20(2,3)26-19(24)21-13-5-6-18(23)22(16-9-10-16)14-15-7-11-17(25-4)12-8-15/h7-8,11-12,16H,5-6,9-10,13-14H2,1-4H3,(H,21,24). The number of amides is 2. The van der Waals surface area contributed by atoms with Crippen molar-refractivity contribution in [2.75, 3.05) is 13.7 Å². The van der Waals surface area contributed by atoms with Crippen molar-refractivity contribution in [1.82, 2.24) is 10.2 Å². The van der Waals surface area contributed by atoms with Crippen LogP contribution in [0.2, 0.25) is 0 Å². The maximum atomic E-state index is 12.6. The first kappa shape index (κ1) is 20.1. The van der Waals surface area contributed by atoms with Gasteiger partial charge in [-0.05, 0) is 57.7 Å². The van der Waals surface area contributed by atoms with Crippen molar-refractivity contribution >= 4 is 12.0 Å². The summed E-state index contributed by atoms with van der Waals surface area (Å²) in [7, 11) is 1.64. The molecule has 0 saturated heterocycles. The molecular weight excluding hydrogens is 332 g/mol. The van der Waals surface area contributed by atoms with E-state index in [0.717, 1.165) is 24.2 Å². The molecule has 6 nitrogen and oxygen atoms in total. The van der Waals surface area contributed by atoms with E-state index in [9.17, 15) is 9.59 Å². The third-order valence-corrected chi connectivity index (χ3v) is 4.06. The number of carbonyl (C=O) groups excluding carboxylic acids is 2. The van der Waals surface area contributed by atoms with Crippen molar-refractivity contribution < 1.29 is 19.1 Å². The second-order valence-electron chi connectivity index (χ2n) is 7.63. The molecule has 0 atom stereocenters. The zero-order valence-corrected chi connectivity index (χ0v) is 16.2. The average molecular weight is 362 g/mol. The van der Waals surface area contributed by atoms with Crippen LogP contribution in [0.5, 0.6) is 5.75 Å². The molecule has 0 bridgehead atoms. The minimum Gasteiger partial charge on any atom is -0.497 e. The lowest BCUT2D eigenvalue weighted by Crippen LogP contribution is -2.35. The number of carbonyl (C=O) groups is 2. The molecule has 1 N–H and O–H groups in total. The number of hydrogen-bond acceptors (Lipinski definition) is 4. The molecule has 0 heterocycles. The van der Waals surface area contributed by atoms with Gasteiger partial charge in [0, 0.05) is 25.6 Å². The highest BCUT2D eigenvalue weighted by Gasteiger charge is 2.32. The quantitative estimate of drug-likeness (QED) is 0.719. The zero-order chi connectivity index (χ0) is 19.2. The van der Waals surface area contributed by atoms with Gasteiger partial charge in [-0.25, -0.2) is 4.79 Å². The molecule has 1 fully saturated rings. The largest absolute Gasteiger partial charge is 0.497 e. The van der Waals surface area contributed by atoms with Crippen LogP contribution in [-0.2, 0) is 16.1 Å². The van der Waals surface area contributed by atoms with E-state index in [0.29, 0.717) is 32.0 Å². The SMILES string of the molecule is COc1ccc(CN(C(=O)CCCNC(=O)OC(C)(C)C)C2CC2)cc1. The van der Waals surface area contributed by atoms with Crippen molar-refractivity contribution in [2.45, 2.75) is 64.6 Å². The lowest BCUT2D eigenvalue weighted by Gasteiger charge is -2.23. The second kappa shape index (κ2) is 8.92. The molecule has 26 heavy (non-hydrogen) atoms. The van der Waals surface area contributed by atoms with Gasteiger partial charge in [0.25, 0.3) is 0 Å². The van der Waals surface area contributed by atoms with E-state index in [4.69, 9.17) is 9.47 Å². The number of benzene rings is 1. The Hall–Kier alpha value is -2.24. The van der Waals surface area contributed by atoms with E-state index in [2.05, 4.69) is 5.32 Å². The van der Waals surface area contributed by atoms with Crippen LogP contribution in [0.4, 0.5) is 4.79 Å². The third-order valence-electron chi connectivity index (χ3n) is 4.06. The molecule has 144 valence electrons. The molecule has 0 spiro atoms. The molecule has 1 saturated carbocycles. The van der Waals surface area contributed by atoms with Gasteiger partial charge in [-0.3, -0.25) is 4.79 Å². The summed E-state index contributed by atoms with van der Waals surface area (Å²) in [5.74, 6) is 0.945. The van der Waals surface area contributed by atoms with Gasteiger partial charge in [0.1, 0.15) is 11.4 Å². The summed E-state index contributed by atoms with van der Waals surface area (Å²) >= 11 is 0. The first-order valence-corrected chi connectivity index (χ1v) is 9.18. The Bertz CT molecular complexity index is 603. The summed E-state index contributed by atoms with van der Waals surface area (Å²) in [6.45, 7) is 6.52. The Morgan fingerprint density at radius 2 is 1.85 bits per heavy atom. The van der Waals surface area contributed by atoms with Crippen molar-refractivity contribution in [1.29, 1.82) is 0 Å². The number of rotatable bonds is 8.